The summed E-state index contributed by atoms with van der Waals surface area (Å²) in [5.74, 6) is -2.12. The molecule has 2 aliphatic rings. The van der Waals surface area contributed by atoms with Gasteiger partial charge in [0.25, 0.3) is 11.6 Å². The van der Waals surface area contributed by atoms with E-state index in [4.69, 9.17) is 0 Å². The molecule has 4 nitrogen and oxygen atoms in total. The van der Waals surface area contributed by atoms with Gasteiger partial charge in [0.05, 0.1) is 5.92 Å². The number of hydrogen-bond acceptors (Lipinski definition) is 3. The molecular weight excluding hydrogens is 345 g/mol. The summed E-state index contributed by atoms with van der Waals surface area (Å²) in [6.45, 7) is 6.01. The Morgan fingerprint density at radius 2 is 1.81 bits per heavy atom. The van der Waals surface area contributed by atoms with Crippen molar-refractivity contribution < 1.29 is 23.1 Å². The van der Waals surface area contributed by atoms with Crippen LogP contribution in [0.5, 0.6) is 0 Å². The SMILES string of the molecule is CC(C)(C)c1ccc(C(=O)N2N=C3CCCC[C@@H]3[C@@]2(O)C(F)(F)F)cc1. The average Bonchev–Trinajstić information content (AvgIpc) is 2.88. The van der Waals surface area contributed by atoms with E-state index in [2.05, 4.69) is 5.10 Å². The van der Waals surface area contributed by atoms with Crippen LogP contribution >= 0.6 is 0 Å². The van der Waals surface area contributed by atoms with Crippen LogP contribution in [-0.4, -0.2) is 33.6 Å². The maximum Gasteiger partial charge on any atom is 0.439 e. The zero-order valence-electron chi connectivity index (χ0n) is 15.1. The van der Waals surface area contributed by atoms with Crippen molar-refractivity contribution in [3.63, 3.8) is 0 Å². The number of alkyl halides is 3. The first-order valence-corrected chi connectivity index (χ1v) is 8.78. The standard InChI is InChI=1S/C19H23F3N2O2/c1-17(2,3)13-10-8-12(9-11-13)16(25)24-18(26,19(20,21)22)14-6-4-5-7-15(14)23-24/h8-11,14,26H,4-7H2,1-3H3/t14-,18+/m0/s1. The maximum atomic E-state index is 13.7. The first-order chi connectivity index (χ1) is 12.0. The number of carbonyl (C=O) groups excluding carboxylic acids is 1. The lowest BCUT2D eigenvalue weighted by Crippen LogP contribution is -2.61. The molecule has 1 fully saturated rings. The molecule has 0 radical (unpaired) electrons. The summed E-state index contributed by atoms with van der Waals surface area (Å²) in [6, 6.07) is 6.41. The van der Waals surface area contributed by atoms with Gasteiger partial charge >= 0.3 is 6.18 Å². The van der Waals surface area contributed by atoms with Gasteiger partial charge < -0.3 is 5.11 Å². The van der Waals surface area contributed by atoms with E-state index in [1.54, 1.807) is 12.1 Å². The molecule has 0 aromatic heterocycles. The molecule has 1 N–H and O–H groups in total. The highest BCUT2D eigenvalue weighted by Crippen LogP contribution is 2.48. The number of benzene rings is 1. The molecule has 1 aromatic carbocycles. The minimum Gasteiger partial charge on any atom is -0.362 e. The summed E-state index contributed by atoms with van der Waals surface area (Å²) in [6.07, 6.45) is -3.16. The van der Waals surface area contributed by atoms with Crippen LogP contribution in [0.1, 0.15) is 62.4 Å². The number of amides is 1. The summed E-state index contributed by atoms with van der Waals surface area (Å²) in [5, 5.41) is 14.7. The Morgan fingerprint density at radius 1 is 1.19 bits per heavy atom. The number of hydrazone groups is 1. The van der Waals surface area contributed by atoms with Gasteiger partial charge in [-0.25, -0.2) is 0 Å². The monoisotopic (exact) mass is 368 g/mol. The lowest BCUT2D eigenvalue weighted by atomic mass is 9.80. The second-order valence-electron chi connectivity index (χ2n) is 8.06. The number of fused-ring (bicyclic) bond motifs is 1. The van der Waals surface area contributed by atoms with E-state index in [1.807, 2.05) is 20.8 Å². The van der Waals surface area contributed by atoms with Gasteiger partial charge in [-0.05, 0) is 42.4 Å². The minimum atomic E-state index is -4.98. The molecule has 0 saturated heterocycles. The molecule has 1 aliphatic carbocycles. The third-order valence-electron chi connectivity index (χ3n) is 5.22. The van der Waals surface area contributed by atoms with Gasteiger partial charge in [-0.3, -0.25) is 4.79 Å². The van der Waals surface area contributed by atoms with Gasteiger partial charge in [-0.2, -0.15) is 23.3 Å². The van der Waals surface area contributed by atoms with Gasteiger partial charge in [0.15, 0.2) is 0 Å². The zero-order valence-corrected chi connectivity index (χ0v) is 15.1. The molecule has 1 saturated carbocycles. The quantitative estimate of drug-likeness (QED) is 0.806. The van der Waals surface area contributed by atoms with Crippen LogP contribution < -0.4 is 0 Å². The third-order valence-corrected chi connectivity index (χ3v) is 5.22. The molecule has 26 heavy (non-hydrogen) atoms. The van der Waals surface area contributed by atoms with E-state index in [-0.39, 0.29) is 28.1 Å². The molecule has 1 heterocycles. The number of carbonyl (C=O) groups is 1. The van der Waals surface area contributed by atoms with E-state index < -0.39 is 23.7 Å². The summed E-state index contributed by atoms with van der Waals surface area (Å²) >= 11 is 0. The molecule has 0 bridgehead atoms. The van der Waals surface area contributed by atoms with Crippen LogP contribution in [0, 0.1) is 5.92 Å². The lowest BCUT2D eigenvalue weighted by Gasteiger charge is -2.38. The van der Waals surface area contributed by atoms with E-state index >= 15 is 0 Å². The van der Waals surface area contributed by atoms with Crippen LogP contribution in [0.3, 0.4) is 0 Å². The number of aliphatic hydroxyl groups is 1. The molecular formula is C19H23F3N2O2. The predicted octanol–water partition coefficient (Wildman–Crippen LogP) is 4.24. The number of rotatable bonds is 1. The van der Waals surface area contributed by atoms with Crippen molar-refractivity contribution in [1.29, 1.82) is 0 Å². The fraction of sp³-hybridized carbons (Fsp3) is 0.579. The Bertz CT molecular complexity index is 735. The molecule has 1 aliphatic heterocycles. The topological polar surface area (TPSA) is 52.9 Å². The van der Waals surface area contributed by atoms with Gasteiger partial charge in [-0.1, -0.05) is 39.3 Å². The summed E-state index contributed by atoms with van der Waals surface area (Å²) < 4.78 is 41.2. The Hall–Kier alpha value is -1.89. The van der Waals surface area contributed by atoms with E-state index in [9.17, 15) is 23.1 Å². The van der Waals surface area contributed by atoms with Gasteiger partial charge in [0.1, 0.15) is 0 Å². The molecule has 142 valence electrons. The fourth-order valence-electron chi connectivity index (χ4n) is 3.65. The van der Waals surface area contributed by atoms with E-state index in [0.29, 0.717) is 19.3 Å². The van der Waals surface area contributed by atoms with Gasteiger partial charge in [-0.15, -0.1) is 0 Å². The normalized spacial score (nSPS) is 26.5. The van der Waals surface area contributed by atoms with Crippen LogP contribution in [0.4, 0.5) is 13.2 Å². The van der Waals surface area contributed by atoms with Crippen molar-refractivity contribution in [3.05, 3.63) is 35.4 Å². The van der Waals surface area contributed by atoms with Crippen molar-refractivity contribution in [3.8, 4) is 0 Å². The fourth-order valence-corrected chi connectivity index (χ4v) is 3.65. The lowest BCUT2D eigenvalue weighted by molar-refractivity contribution is -0.312. The molecule has 0 unspecified atom stereocenters. The Labute approximate surface area is 150 Å². The second-order valence-corrected chi connectivity index (χ2v) is 8.06. The minimum absolute atomic E-state index is 0.0728. The third kappa shape index (κ3) is 2.92. The summed E-state index contributed by atoms with van der Waals surface area (Å²) in [7, 11) is 0. The zero-order chi connectivity index (χ0) is 19.3. The predicted molar refractivity (Wildman–Crippen MR) is 91.7 cm³/mol. The number of hydrogen-bond donors (Lipinski definition) is 1. The maximum absolute atomic E-state index is 13.7. The highest BCUT2D eigenvalue weighted by molar-refractivity contribution is 5.99. The second kappa shape index (κ2) is 6.08. The molecule has 3 rings (SSSR count). The number of nitrogens with zero attached hydrogens (tertiary/aromatic N) is 2. The van der Waals surface area contributed by atoms with Crippen LogP contribution in [-0.2, 0) is 5.41 Å². The largest absolute Gasteiger partial charge is 0.439 e. The highest BCUT2D eigenvalue weighted by Gasteiger charge is 2.68. The molecule has 1 amide bonds. The Morgan fingerprint density at radius 3 is 2.35 bits per heavy atom. The van der Waals surface area contributed by atoms with Crippen molar-refractivity contribution in [2.45, 2.75) is 63.8 Å². The first-order valence-electron chi connectivity index (χ1n) is 8.78. The Kier molecular flexibility index (Phi) is 4.42. The van der Waals surface area contributed by atoms with E-state index in [1.165, 1.54) is 12.1 Å². The molecule has 0 spiro atoms. The van der Waals surface area contributed by atoms with Crippen molar-refractivity contribution in [2.75, 3.05) is 0 Å². The molecule has 2 atom stereocenters. The van der Waals surface area contributed by atoms with Gasteiger partial charge in [0.2, 0.25) is 0 Å². The van der Waals surface area contributed by atoms with Crippen molar-refractivity contribution in [1.82, 2.24) is 5.01 Å². The van der Waals surface area contributed by atoms with Crippen LogP contribution in [0.25, 0.3) is 0 Å². The van der Waals surface area contributed by atoms with Crippen molar-refractivity contribution >= 4 is 11.6 Å². The number of halogens is 3. The summed E-state index contributed by atoms with van der Waals surface area (Å²) in [5.41, 5.74) is -2.12. The molecule has 1 aromatic rings. The highest BCUT2D eigenvalue weighted by atomic mass is 19.4. The van der Waals surface area contributed by atoms with Gasteiger partial charge in [0, 0.05) is 11.3 Å². The molecule has 7 heteroatoms. The van der Waals surface area contributed by atoms with Crippen LogP contribution in [0.2, 0.25) is 0 Å². The Balaban J connectivity index is 1.98. The average molecular weight is 368 g/mol. The first kappa shape index (κ1) is 18.9. The smallest absolute Gasteiger partial charge is 0.362 e. The van der Waals surface area contributed by atoms with Crippen molar-refractivity contribution in [2.24, 2.45) is 11.0 Å². The van der Waals surface area contributed by atoms with Crippen LogP contribution in [0.15, 0.2) is 29.4 Å². The summed E-state index contributed by atoms with van der Waals surface area (Å²) in [4.78, 5) is 12.8. The van der Waals surface area contributed by atoms with E-state index in [0.717, 1.165) is 5.56 Å².